The molecular weight excluding hydrogens is 1760 g/mol. The third kappa shape index (κ3) is 18.6. The molecule has 3 saturated heterocycles. The lowest BCUT2D eigenvalue weighted by atomic mass is 10.2. The Morgan fingerprint density at radius 3 is 1.26 bits per heavy atom. The molecule has 136 heavy (non-hydrogen) atoms. The zero-order valence-corrected chi connectivity index (χ0v) is 75.8. The highest BCUT2D eigenvalue weighted by Crippen LogP contribution is 2.36. The van der Waals surface area contributed by atoms with Crippen LogP contribution in [0.25, 0.3) is 106 Å². The number of hydrogen-bond donors (Lipinski definition) is 9. The zero-order valence-electron chi connectivity index (χ0n) is 74.2. The van der Waals surface area contributed by atoms with E-state index in [9.17, 15) is 4.79 Å². The molecule has 5 aromatic carbocycles. The van der Waals surface area contributed by atoms with E-state index < -0.39 is 0 Å². The normalized spacial score (nSPS) is 14.1. The summed E-state index contributed by atoms with van der Waals surface area (Å²) in [6.45, 7) is 15.1. The van der Waals surface area contributed by atoms with Gasteiger partial charge in [-0.25, -0.2) is 54.8 Å². The number of aromatic amines is 4. The van der Waals surface area contributed by atoms with E-state index in [4.69, 9.17) is 39.6 Å². The lowest BCUT2D eigenvalue weighted by Gasteiger charge is -2.35. The predicted molar refractivity (Wildman–Crippen MR) is 528 cm³/mol. The Bertz CT molecular complexity index is 7570. The van der Waals surface area contributed by atoms with Crippen LogP contribution in [-0.2, 0) is 35.7 Å². The molecule has 0 spiro atoms. The number of benzene rings is 5. The quantitative estimate of drug-likeness (QED) is 0.0271. The van der Waals surface area contributed by atoms with Gasteiger partial charge in [0.05, 0.1) is 101 Å². The first-order valence-electron chi connectivity index (χ1n) is 45.1. The van der Waals surface area contributed by atoms with Gasteiger partial charge in [-0.15, -0.1) is 0 Å². The number of rotatable bonds is 24. The number of ether oxygens (including phenoxy) is 1. The number of imidazole rings is 8. The van der Waals surface area contributed by atoms with E-state index in [0.29, 0.717) is 142 Å². The fourth-order valence-electron chi connectivity index (χ4n) is 16.7. The molecule has 39 nitrogen and oxygen atoms in total. The molecule has 0 unspecified atom stereocenters. The monoisotopic (exact) mass is 1850 g/mol. The minimum atomic E-state index is 0.208. The van der Waals surface area contributed by atoms with Crippen molar-refractivity contribution in [3.8, 4) is 17.1 Å². The van der Waals surface area contributed by atoms with E-state index in [1.165, 1.54) is 19.2 Å². The van der Waals surface area contributed by atoms with Crippen molar-refractivity contribution in [1.82, 2.24) is 138 Å². The largest absolute Gasteiger partial charge is 0.378 e. The average Bonchev–Trinajstić information content (AvgIpc) is 1.47. The van der Waals surface area contributed by atoms with Crippen molar-refractivity contribution in [2.75, 3.05) is 125 Å². The summed E-state index contributed by atoms with van der Waals surface area (Å²) in [5.74, 6) is 10.9. The molecule has 16 aromatic heterocycles. The molecule has 21 aromatic rings. The maximum absolute atomic E-state index is 12.6. The van der Waals surface area contributed by atoms with Gasteiger partial charge in [0.25, 0.3) is 0 Å². The third-order valence-electron chi connectivity index (χ3n) is 23.9. The Kier molecular flexibility index (Phi) is 23.9. The summed E-state index contributed by atoms with van der Waals surface area (Å²) < 4.78 is 13.5. The smallest absolute Gasteiger partial charge is 0.232 e. The second-order valence-electron chi connectivity index (χ2n) is 33.3. The van der Waals surface area contributed by atoms with Crippen molar-refractivity contribution in [3.63, 3.8) is 0 Å². The number of anilines is 10. The Labute approximate surface area is 784 Å². The number of piperazine rings is 2. The molecule has 25 rings (SSSR count). The van der Waals surface area contributed by atoms with Crippen LogP contribution in [-0.4, -0.2) is 222 Å². The number of carbonyl (C=O) groups is 1. The van der Waals surface area contributed by atoms with E-state index in [2.05, 4.69) is 174 Å². The lowest BCUT2D eigenvalue weighted by molar-refractivity contribution is -0.131. The van der Waals surface area contributed by atoms with E-state index >= 15 is 0 Å². The number of H-pyrrole nitrogens is 4. The van der Waals surface area contributed by atoms with Crippen LogP contribution < -0.4 is 46.2 Å². The molecule has 1 amide bonds. The topological polar surface area (TPSA) is 430 Å². The lowest BCUT2D eigenvalue weighted by Crippen LogP contribution is -2.49. The van der Waals surface area contributed by atoms with E-state index in [-0.39, 0.29) is 11.9 Å². The zero-order chi connectivity index (χ0) is 91.2. The molecular formula is C95H93N37O2S2. The summed E-state index contributed by atoms with van der Waals surface area (Å²) >= 11 is 3.28. The molecule has 682 valence electrons. The number of nitrogens with one attached hydrogen (secondary N) is 9. The fourth-order valence-corrected chi connectivity index (χ4v) is 17.9. The molecule has 0 radical (unpaired) electrons. The van der Waals surface area contributed by atoms with Crippen LogP contribution in [0.3, 0.4) is 0 Å². The van der Waals surface area contributed by atoms with E-state index in [1.807, 2.05) is 181 Å². The molecule has 4 fully saturated rings. The van der Waals surface area contributed by atoms with Crippen LogP contribution >= 0.6 is 22.7 Å². The minimum Gasteiger partial charge on any atom is -0.378 e. The average molecular weight is 1850 g/mol. The number of pyridine rings is 1. The molecule has 0 atom stereocenters. The van der Waals surface area contributed by atoms with Gasteiger partial charge in [-0.1, -0.05) is 72.8 Å². The van der Waals surface area contributed by atoms with Gasteiger partial charge in [-0.3, -0.25) is 18.5 Å². The number of hydrogen-bond acceptors (Lipinski definition) is 32. The summed E-state index contributed by atoms with van der Waals surface area (Å²) in [6, 6.07) is 54.2. The summed E-state index contributed by atoms with van der Waals surface area (Å²) in [6.07, 6.45) is 15.2. The van der Waals surface area contributed by atoms with Crippen LogP contribution in [0, 0.1) is 5.92 Å². The van der Waals surface area contributed by atoms with Gasteiger partial charge in [0.2, 0.25) is 29.7 Å². The van der Waals surface area contributed by atoms with Crippen LogP contribution in [0.1, 0.15) is 62.4 Å². The van der Waals surface area contributed by atoms with Gasteiger partial charge in [0, 0.05) is 107 Å². The maximum atomic E-state index is 12.6. The standard InChI is InChI=1S/C26H24N10S.C26H27N9OS.C23H22N8O.C20H20N10/c1-2-6-20-19(5-1)30-21(31-20)15-28-24-23-25(36(17-29-23)18-8-14-37-16-18)33-26(32-24)35-12-10-34(11-13-35)22-7-3-4-9-27-22;36-22(13-17-5-6-17)33-8-10-34(11-9-33)26-31-24(27-14-21-29-19-3-1-2-4-20(19)30-21)23-25(32-26)35(16-28-23)18-7-12-37-15-18;1-2-6-16(7-3-1)31-15-25-20-21(24-14-19-26-17-8-4-5-9-18(17)27-19)28-23(29-22(20)31)30-10-12-32-13-11-30;1-12(2)30-11-24-17-18(22-9-16-25-13-5-3-4-6-14(13)26-16)28-20(29-19(17)30)27-15-7-8-21-10-23-15/h1-9,14,16-17H,10-13,15H2,(H,30,31)(H,28,32,33);1-4,7,12,15-17H,5-6,8-11,13-14H2,(H,29,30)(H,27,31,32);1-9,15H,10-14H2,(H,26,27)(H,24,28,29);3-8,10-12H,9H2,1-2H3,(H,25,26)(H2,21,22,23,27,28,29). The van der Waals surface area contributed by atoms with Crippen LogP contribution in [0.2, 0.25) is 0 Å². The predicted octanol–water partition coefficient (Wildman–Crippen LogP) is 14.5. The van der Waals surface area contributed by atoms with E-state index in [1.54, 1.807) is 53.9 Å². The number of thiophene rings is 2. The summed E-state index contributed by atoms with van der Waals surface area (Å²) in [5.41, 5.74) is 16.8. The molecule has 4 aliphatic rings. The summed E-state index contributed by atoms with van der Waals surface area (Å²) in [4.78, 5) is 125. The van der Waals surface area contributed by atoms with Crippen molar-refractivity contribution < 1.29 is 9.53 Å². The van der Waals surface area contributed by atoms with E-state index in [0.717, 1.165) is 163 Å². The number of aromatic nitrogens is 27. The Morgan fingerprint density at radius 2 is 0.831 bits per heavy atom. The molecule has 9 N–H and O–H groups in total. The van der Waals surface area contributed by atoms with Crippen LogP contribution in [0.5, 0.6) is 0 Å². The second-order valence-corrected chi connectivity index (χ2v) is 34.9. The van der Waals surface area contributed by atoms with Gasteiger partial charge in [-0.2, -0.15) is 62.5 Å². The van der Waals surface area contributed by atoms with Gasteiger partial charge in [0.1, 0.15) is 60.2 Å². The SMILES string of the molecule is CC(C)n1cnc2c(NCc3nc4ccccc4[nH]3)nc(Nc3ccncn3)nc21.O=C(CC1CC1)N1CCN(c2nc(NCc3nc4ccccc4[nH]3)c3ncn(-c4ccsc4)c3n2)CC1.c1ccc(-n2cnc3c(NCc4nc5ccccc5[nH]4)nc(N4CCOCC4)nc32)cc1.c1ccc(N2CCN(c3nc(NCc4nc5ccccc5[nH]4)c4ncn(-c5ccsc5)c4n3)CC2)nc1. The Hall–Kier alpha value is -16.6. The Balaban J connectivity index is 0.000000105. The third-order valence-corrected chi connectivity index (χ3v) is 25.2. The number of nitrogens with zero attached hydrogens (tertiary/aromatic N) is 28. The highest BCUT2D eigenvalue weighted by atomic mass is 32.1. The fraction of sp³-hybridized carbons (Fsp3) is 0.242. The number of carbonyl (C=O) groups excluding carboxylic acids is 1. The van der Waals surface area contributed by atoms with Crippen molar-refractivity contribution in [2.45, 2.75) is 65.3 Å². The number of amides is 1. The second kappa shape index (κ2) is 38.3. The molecule has 19 heterocycles. The summed E-state index contributed by atoms with van der Waals surface area (Å²) in [7, 11) is 0. The molecule has 3 aliphatic heterocycles. The van der Waals surface area contributed by atoms with Crippen molar-refractivity contribution in [1.29, 1.82) is 0 Å². The van der Waals surface area contributed by atoms with Crippen molar-refractivity contribution >= 4 is 176 Å². The van der Waals surface area contributed by atoms with Crippen LogP contribution in [0.4, 0.5) is 58.7 Å². The minimum absolute atomic E-state index is 0.208. The van der Waals surface area contributed by atoms with Gasteiger partial charge in [-0.05, 0) is 134 Å². The van der Waals surface area contributed by atoms with Crippen molar-refractivity contribution in [3.05, 3.63) is 253 Å². The van der Waals surface area contributed by atoms with Crippen molar-refractivity contribution in [2.24, 2.45) is 5.92 Å². The van der Waals surface area contributed by atoms with Gasteiger partial charge >= 0.3 is 0 Å². The highest BCUT2D eigenvalue weighted by Gasteiger charge is 2.32. The number of fused-ring (bicyclic) bond motifs is 8. The molecule has 41 heteroatoms. The number of para-hydroxylation sites is 9. The summed E-state index contributed by atoms with van der Waals surface area (Å²) in [5, 5.41) is 25.1. The highest BCUT2D eigenvalue weighted by molar-refractivity contribution is 7.08. The van der Waals surface area contributed by atoms with Gasteiger partial charge < -0.3 is 80.3 Å². The van der Waals surface area contributed by atoms with Crippen LogP contribution in [0.15, 0.2) is 229 Å². The maximum Gasteiger partial charge on any atom is 0.232 e. The number of morpholine rings is 1. The molecule has 1 aliphatic carbocycles. The first-order chi connectivity index (χ1) is 67.0. The first kappa shape index (κ1) is 85.0. The molecule has 1 saturated carbocycles. The first-order valence-corrected chi connectivity index (χ1v) is 47.0. The van der Waals surface area contributed by atoms with Gasteiger partial charge in [0.15, 0.2) is 67.9 Å². The molecule has 0 bridgehead atoms. The Morgan fingerprint density at radius 1 is 0.404 bits per heavy atom.